The van der Waals surface area contributed by atoms with Crippen LogP contribution in [0.2, 0.25) is 0 Å². The van der Waals surface area contributed by atoms with Crippen molar-refractivity contribution in [3.05, 3.63) is 23.6 Å². The summed E-state index contributed by atoms with van der Waals surface area (Å²) in [5, 5.41) is 17.1. The maximum atomic E-state index is 11.2. The van der Waals surface area contributed by atoms with Crippen molar-refractivity contribution in [3.8, 4) is 11.4 Å². The fourth-order valence-corrected chi connectivity index (χ4v) is 1.77. The number of hydrogen-bond acceptors (Lipinski definition) is 4. The summed E-state index contributed by atoms with van der Waals surface area (Å²) >= 11 is 0. The van der Waals surface area contributed by atoms with Gasteiger partial charge in [0.25, 0.3) is 0 Å². The van der Waals surface area contributed by atoms with Crippen LogP contribution in [0.15, 0.2) is 16.8 Å². The third-order valence-electron chi connectivity index (χ3n) is 2.66. The van der Waals surface area contributed by atoms with Gasteiger partial charge in [-0.15, -0.1) is 0 Å². The predicted octanol–water partition coefficient (Wildman–Crippen LogP) is 2.34. The summed E-state index contributed by atoms with van der Waals surface area (Å²) in [6, 6.07) is 1.71. The van der Waals surface area contributed by atoms with E-state index in [0.717, 1.165) is 12.8 Å². The summed E-state index contributed by atoms with van der Waals surface area (Å²) in [7, 11) is 0. The fraction of sp³-hybridized carbons (Fsp3) is 0.417. The average Bonchev–Trinajstić information content (AvgIpc) is 2.91. The standard InChI is InChI=1S/C12H15N3O3/c1-3-4-5-15-11(9(7-13-15)12(16)17)10-6-8(2)18-14-10/h6-7H,3-5H2,1-2H3,(H,16,17). The first-order chi connectivity index (χ1) is 8.63. The number of aromatic nitrogens is 3. The van der Waals surface area contributed by atoms with Crippen LogP contribution >= 0.6 is 0 Å². The zero-order valence-corrected chi connectivity index (χ0v) is 10.4. The molecule has 0 spiro atoms. The van der Waals surface area contributed by atoms with Gasteiger partial charge in [-0.05, 0) is 13.3 Å². The molecule has 0 amide bonds. The number of aryl methyl sites for hydroxylation is 2. The lowest BCUT2D eigenvalue weighted by Crippen LogP contribution is -2.05. The summed E-state index contributed by atoms with van der Waals surface area (Å²) in [6.07, 6.45) is 3.31. The van der Waals surface area contributed by atoms with Crippen molar-refractivity contribution in [1.29, 1.82) is 0 Å². The van der Waals surface area contributed by atoms with Crippen LogP contribution in [0.4, 0.5) is 0 Å². The minimum absolute atomic E-state index is 0.152. The molecule has 2 aromatic heterocycles. The summed E-state index contributed by atoms with van der Waals surface area (Å²) in [5.74, 6) is -0.363. The van der Waals surface area contributed by atoms with E-state index in [2.05, 4.69) is 17.2 Å². The Balaban J connectivity index is 2.46. The molecule has 1 N–H and O–H groups in total. The Kier molecular flexibility index (Phi) is 3.45. The maximum absolute atomic E-state index is 11.2. The van der Waals surface area contributed by atoms with E-state index in [1.807, 2.05) is 0 Å². The largest absolute Gasteiger partial charge is 0.478 e. The van der Waals surface area contributed by atoms with Gasteiger partial charge in [0, 0.05) is 12.6 Å². The fourth-order valence-electron chi connectivity index (χ4n) is 1.77. The van der Waals surface area contributed by atoms with Crippen molar-refractivity contribution in [2.24, 2.45) is 0 Å². The second kappa shape index (κ2) is 5.03. The highest BCUT2D eigenvalue weighted by atomic mass is 16.5. The number of carboxylic acid groups (broad SMARTS) is 1. The van der Waals surface area contributed by atoms with Crippen molar-refractivity contribution in [2.45, 2.75) is 33.2 Å². The van der Waals surface area contributed by atoms with E-state index in [9.17, 15) is 4.79 Å². The topological polar surface area (TPSA) is 81.2 Å². The third-order valence-corrected chi connectivity index (χ3v) is 2.66. The smallest absolute Gasteiger partial charge is 0.339 e. The molecule has 2 aromatic rings. The van der Waals surface area contributed by atoms with E-state index in [-0.39, 0.29) is 5.56 Å². The molecule has 0 aromatic carbocycles. The van der Waals surface area contributed by atoms with E-state index < -0.39 is 5.97 Å². The second-order valence-electron chi connectivity index (χ2n) is 4.11. The lowest BCUT2D eigenvalue weighted by molar-refractivity contribution is 0.0697. The van der Waals surface area contributed by atoms with Gasteiger partial charge in [-0.25, -0.2) is 4.79 Å². The lowest BCUT2D eigenvalue weighted by atomic mass is 10.2. The Morgan fingerprint density at radius 1 is 1.56 bits per heavy atom. The van der Waals surface area contributed by atoms with Crippen LogP contribution in [-0.2, 0) is 6.54 Å². The van der Waals surface area contributed by atoms with Crippen molar-refractivity contribution < 1.29 is 14.4 Å². The Hall–Kier alpha value is -2.11. The number of unbranched alkanes of at least 4 members (excludes halogenated alkanes) is 1. The first-order valence-electron chi connectivity index (χ1n) is 5.86. The lowest BCUT2D eigenvalue weighted by Gasteiger charge is -2.04. The summed E-state index contributed by atoms with van der Waals surface area (Å²) < 4.78 is 6.67. The van der Waals surface area contributed by atoms with Gasteiger partial charge in [0.1, 0.15) is 22.7 Å². The third kappa shape index (κ3) is 2.27. The van der Waals surface area contributed by atoms with Crippen molar-refractivity contribution in [3.63, 3.8) is 0 Å². The molecule has 0 saturated heterocycles. The van der Waals surface area contributed by atoms with Gasteiger partial charge in [-0.3, -0.25) is 4.68 Å². The molecule has 0 bridgehead atoms. The van der Waals surface area contributed by atoms with Crippen LogP contribution in [0.25, 0.3) is 11.4 Å². The van der Waals surface area contributed by atoms with Gasteiger partial charge in [-0.1, -0.05) is 18.5 Å². The highest BCUT2D eigenvalue weighted by Gasteiger charge is 2.20. The van der Waals surface area contributed by atoms with E-state index in [1.54, 1.807) is 17.7 Å². The zero-order valence-electron chi connectivity index (χ0n) is 10.4. The molecular formula is C12H15N3O3. The molecular weight excluding hydrogens is 234 g/mol. The monoisotopic (exact) mass is 249 g/mol. The SMILES string of the molecule is CCCCn1ncc(C(=O)O)c1-c1cc(C)on1. The molecule has 2 heterocycles. The van der Waals surface area contributed by atoms with Gasteiger partial charge in [0.2, 0.25) is 0 Å². The average molecular weight is 249 g/mol. The van der Waals surface area contributed by atoms with E-state index in [4.69, 9.17) is 9.63 Å². The summed E-state index contributed by atoms with van der Waals surface area (Å²) in [5.41, 5.74) is 1.17. The number of hydrogen-bond donors (Lipinski definition) is 1. The van der Waals surface area contributed by atoms with Gasteiger partial charge in [0.15, 0.2) is 0 Å². The number of carboxylic acids is 1. The van der Waals surface area contributed by atoms with E-state index >= 15 is 0 Å². The minimum atomic E-state index is -1.01. The molecule has 0 unspecified atom stereocenters. The Morgan fingerprint density at radius 2 is 2.33 bits per heavy atom. The predicted molar refractivity (Wildman–Crippen MR) is 64.3 cm³/mol. The number of aromatic carboxylic acids is 1. The van der Waals surface area contributed by atoms with Gasteiger partial charge < -0.3 is 9.63 Å². The van der Waals surface area contributed by atoms with Gasteiger partial charge in [-0.2, -0.15) is 5.10 Å². The van der Waals surface area contributed by atoms with Crippen LogP contribution in [0.5, 0.6) is 0 Å². The molecule has 96 valence electrons. The Labute approximate surface area is 104 Å². The highest BCUT2D eigenvalue weighted by molar-refractivity contribution is 5.94. The zero-order chi connectivity index (χ0) is 13.1. The molecule has 0 aliphatic rings. The summed E-state index contributed by atoms with van der Waals surface area (Å²) in [6.45, 7) is 4.51. The molecule has 0 saturated carbocycles. The molecule has 0 radical (unpaired) electrons. The molecule has 18 heavy (non-hydrogen) atoms. The van der Waals surface area contributed by atoms with Crippen LogP contribution in [0, 0.1) is 6.92 Å². The normalized spacial score (nSPS) is 10.8. The molecule has 0 aliphatic heterocycles. The molecule has 0 atom stereocenters. The molecule has 6 nitrogen and oxygen atoms in total. The Bertz CT molecular complexity index is 557. The van der Waals surface area contributed by atoms with E-state index in [1.165, 1.54) is 6.20 Å². The first-order valence-corrected chi connectivity index (χ1v) is 5.86. The molecule has 0 fully saturated rings. The van der Waals surface area contributed by atoms with E-state index in [0.29, 0.717) is 23.7 Å². The maximum Gasteiger partial charge on any atom is 0.339 e. The van der Waals surface area contributed by atoms with Crippen LogP contribution < -0.4 is 0 Å². The Morgan fingerprint density at radius 3 is 2.89 bits per heavy atom. The highest BCUT2D eigenvalue weighted by Crippen LogP contribution is 2.23. The van der Waals surface area contributed by atoms with Crippen LogP contribution in [-0.4, -0.2) is 26.0 Å². The summed E-state index contributed by atoms with van der Waals surface area (Å²) in [4.78, 5) is 11.2. The van der Waals surface area contributed by atoms with Gasteiger partial charge >= 0.3 is 5.97 Å². The van der Waals surface area contributed by atoms with Crippen LogP contribution in [0.1, 0.15) is 35.9 Å². The number of carbonyl (C=O) groups is 1. The quantitative estimate of drug-likeness (QED) is 0.879. The minimum Gasteiger partial charge on any atom is -0.478 e. The molecule has 0 aliphatic carbocycles. The van der Waals surface area contributed by atoms with Crippen molar-refractivity contribution in [1.82, 2.24) is 14.9 Å². The van der Waals surface area contributed by atoms with Crippen molar-refractivity contribution >= 4 is 5.97 Å². The second-order valence-corrected chi connectivity index (χ2v) is 4.11. The number of nitrogens with zero attached hydrogens (tertiary/aromatic N) is 3. The van der Waals surface area contributed by atoms with Crippen LogP contribution in [0.3, 0.4) is 0 Å². The van der Waals surface area contributed by atoms with Gasteiger partial charge in [0.05, 0.1) is 6.20 Å². The first kappa shape index (κ1) is 12.3. The molecule has 2 rings (SSSR count). The number of rotatable bonds is 5. The van der Waals surface area contributed by atoms with Crippen molar-refractivity contribution in [2.75, 3.05) is 0 Å². The molecule has 6 heteroatoms.